The SMILES string of the molecule is CC1=CC(O)CC2(C)COC(C(C)=CCO)C=C12. The van der Waals surface area contributed by atoms with Crippen LogP contribution in [0.3, 0.4) is 0 Å². The molecule has 0 aromatic carbocycles. The highest BCUT2D eigenvalue weighted by Crippen LogP contribution is 2.44. The first-order chi connectivity index (χ1) is 8.46. The van der Waals surface area contributed by atoms with Crippen molar-refractivity contribution < 1.29 is 14.9 Å². The van der Waals surface area contributed by atoms with Crippen LogP contribution in [0.25, 0.3) is 0 Å². The second-order valence-electron chi connectivity index (χ2n) is 5.62. The van der Waals surface area contributed by atoms with Crippen LogP contribution in [0.5, 0.6) is 0 Å². The molecule has 0 saturated carbocycles. The van der Waals surface area contributed by atoms with Gasteiger partial charge in [-0.05, 0) is 43.1 Å². The molecule has 2 N–H and O–H groups in total. The fourth-order valence-electron chi connectivity index (χ4n) is 2.95. The van der Waals surface area contributed by atoms with E-state index in [9.17, 15) is 5.11 Å². The Balaban J connectivity index is 2.34. The van der Waals surface area contributed by atoms with Crippen LogP contribution in [-0.2, 0) is 4.74 Å². The van der Waals surface area contributed by atoms with E-state index in [-0.39, 0.29) is 24.2 Å². The number of rotatable bonds is 2. The lowest BCUT2D eigenvalue weighted by Crippen LogP contribution is -2.39. The molecule has 0 bridgehead atoms. The normalized spacial score (nSPS) is 36.8. The third kappa shape index (κ3) is 2.44. The Morgan fingerprint density at radius 3 is 2.94 bits per heavy atom. The molecule has 3 nitrogen and oxygen atoms in total. The summed E-state index contributed by atoms with van der Waals surface area (Å²) in [6, 6.07) is 0. The number of hydrogen-bond donors (Lipinski definition) is 2. The van der Waals surface area contributed by atoms with Crippen molar-refractivity contribution in [3.63, 3.8) is 0 Å². The van der Waals surface area contributed by atoms with Gasteiger partial charge in [0.2, 0.25) is 0 Å². The fourth-order valence-corrected chi connectivity index (χ4v) is 2.95. The van der Waals surface area contributed by atoms with Crippen molar-refractivity contribution in [1.29, 1.82) is 0 Å². The summed E-state index contributed by atoms with van der Waals surface area (Å²) in [5.41, 5.74) is 3.36. The zero-order valence-electron chi connectivity index (χ0n) is 11.3. The molecule has 3 atom stereocenters. The number of aliphatic hydroxyl groups excluding tert-OH is 2. The van der Waals surface area contributed by atoms with Crippen molar-refractivity contribution in [3.05, 3.63) is 34.9 Å². The van der Waals surface area contributed by atoms with E-state index in [1.54, 1.807) is 6.08 Å². The van der Waals surface area contributed by atoms with E-state index < -0.39 is 0 Å². The minimum absolute atomic E-state index is 0.0413. The minimum Gasteiger partial charge on any atom is -0.392 e. The van der Waals surface area contributed by atoms with Gasteiger partial charge in [-0.1, -0.05) is 19.1 Å². The van der Waals surface area contributed by atoms with Crippen molar-refractivity contribution in [3.8, 4) is 0 Å². The van der Waals surface area contributed by atoms with Crippen molar-refractivity contribution in [1.82, 2.24) is 0 Å². The summed E-state index contributed by atoms with van der Waals surface area (Å²) in [5.74, 6) is 0. The standard InChI is InChI=1S/C15H22O3/c1-10(4-5-16)14-7-13-11(2)6-12(17)8-15(13,3)9-18-14/h4,6-7,12,14,16-17H,5,8-9H2,1-3H3. The van der Waals surface area contributed by atoms with E-state index in [4.69, 9.17) is 9.84 Å². The highest BCUT2D eigenvalue weighted by Gasteiger charge is 2.39. The van der Waals surface area contributed by atoms with Crippen LogP contribution in [0.2, 0.25) is 0 Å². The lowest BCUT2D eigenvalue weighted by atomic mass is 9.69. The molecule has 1 aliphatic heterocycles. The molecule has 1 heterocycles. The van der Waals surface area contributed by atoms with Crippen LogP contribution in [-0.4, -0.2) is 35.6 Å². The summed E-state index contributed by atoms with van der Waals surface area (Å²) in [6.07, 6.45) is 6.11. The van der Waals surface area contributed by atoms with Gasteiger partial charge in [-0.2, -0.15) is 0 Å². The predicted molar refractivity (Wildman–Crippen MR) is 71.2 cm³/mol. The second-order valence-corrected chi connectivity index (χ2v) is 5.62. The van der Waals surface area contributed by atoms with E-state index in [2.05, 4.69) is 13.0 Å². The number of allylic oxidation sites excluding steroid dienone is 1. The highest BCUT2D eigenvalue weighted by molar-refractivity contribution is 5.42. The monoisotopic (exact) mass is 250 g/mol. The Bertz CT molecular complexity index is 419. The van der Waals surface area contributed by atoms with E-state index in [1.807, 2.05) is 19.9 Å². The van der Waals surface area contributed by atoms with Crippen LogP contribution in [0.15, 0.2) is 34.9 Å². The highest BCUT2D eigenvalue weighted by atomic mass is 16.5. The maximum absolute atomic E-state index is 9.84. The summed E-state index contributed by atoms with van der Waals surface area (Å²) < 4.78 is 5.87. The van der Waals surface area contributed by atoms with Gasteiger partial charge in [0.1, 0.15) is 0 Å². The van der Waals surface area contributed by atoms with Crippen LogP contribution < -0.4 is 0 Å². The summed E-state index contributed by atoms with van der Waals surface area (Å²) in [7, 11) is 0. The first-order valence-electron chi connectivity index (χ1n) is 6.44. The van der Waals surface area contributed by atoms with E-state index >= 15 is 0 Å². The van der Waals surface area contributed by atoms with Crippen LogP contribution in [0, 0.1) is 5.41 Å². The van der Waals surface area contributed by atoms with Gasteiger partial charge in [0.05, 0.1) is 25.4 Å². The van der Waals surface area contributed by atoms with Crippen molar-refractivity contribution in [2.75, 3.05) is 13.2 Å². The topological polar surface area (TPSA) is 49.7 Å². The molecule has 0 aromatic rings. The molecule has 3 heteroatoms. The lowest BCUT2D eigenvalue weighted by Gasteiger charge is -2.42. The van der Waals surface area contributed by atoms with Crippen molar-refractivity contribution in [2.45, 2.75) is 39.4 Å². The summed E-state index contributed by atoms with van der Waals surface area (Å²) in [6.45, 7) is 6.80. The lowest BCUT2D eigenvalue weighted by molar-refractivity contribution is 0.0119. The van der Waals surface area contributed by atoms with Crippen LogP contribution in [0.1, 0.15) is 27.2 Å². The van der Waals surface area contributed by atoms with Gasteiger partial charge in [-0.3, -0.25) is 0 Å². The largest absolute Gasteiger partial charge is 0.392 e. The zero-order valence-corrected chi connectivity index (χ0v) is 11.3. The molecule has 3 unspecified atom stereocenters. The first-order valence-corrected chi connectivity index (χ1v) is 6.44. The average Bonchev–Trinajstić information content (AvgIpc) is 2.27. The Morgan fingerprint density at radius 1 is 1.56 bits per heavy atom. The predicted octanol–water partition coefficient (Wildman–Crippen LogP) is 1.97. The minimum atomic E-state index is -0.374. The third-order valence-corrected chi connectivity index (χ3v) is 3.94. The van der Waals surface area contributed by atoms with Gasteiger partial charge in [0.15, 0.2) is 0 Å². The van der Waals surface area contributed by atoms with E-state index in [0.717, 1.165) is 11.1 Å². The van der Waals surface area contributed by atoms with Crippen molar-refractivity contribution in [2.24, 2.45) is 5.41 Å². The number of fused-ring (bicyclic) bond motifs is 1. The number of aliphatic hydroxyl groups is 2. The Morgan fingerprint density at radius 2 is 2.28 bits per heavy atom. The number of hydrogen-bond acceptors (Lipinski definition) is 3. The Hall–Kier alpha value is -0.900. The Kier molecular flexibility index (Phi) is 3.76. The summed E-state index contributed by atoms with van der Waals surface area (Å²) in [4.78, 5) is 0. The van der Waals surface area contributed by atoms with E-state index in [1.165, 1.54) is 5.57 Å². The van der Waals surface area contributed by atoms with Gasteiger partial charge in [-0.25, -0.2) is 0 Å². The molecule has 0 spiro atoms. The van der Waals surface area contributed by atoms with Crippen LogP contribution in [0.4, 0.5) is 0 Å². The average molecular weight is 250 g/mol. The zero-order chi connectivity index (χ0) is 13.3. The van der Waals surface area contributed by atoms with Gasteiger partial charge < -0.3 is 14.9 Å². The maximum atomic E-state index is 9.84. The fraction of sp³-hybridized carbons (Fsp3) is 0.600. The molecular formula is C15H22O3. The second kappa shape index (κ2) is 5.00. The first kappa shape index (κ1) is 13.5. The molecule has 2 aliphatic rings. The molecule has 1 aliphatic carbocycles. The van der Waals surface area contributed by atoms with Gasteiger partial charge >= 0.3 is 0 Å². The Labute approximate surface area is 108 Å². The quantitative estimate of drug-likeness (QED) is 0.737. The third-order valence-electron chi connectivity index (χ3n) is 3.94. The molecular weight excluding hydrogens is 228 g/mol. The molecule has 2 rings (SSSR count). The molecule has 18 heavy (non-hydrogen) atoms. The van der Waals surface area contributed by atoms with E-state index in [0.29, 0.717) is 13.0 Å². The smallest absolute Gasteiger partial charge is 0.0971 e. The molecule has 0 fully saturated rings. The molecule has 100 valence electrons. The van der Waals surface area contributed by atoms with Crippen LogP contribution >= 0.6 is 0 Å². The molecule has 0 aromatic heterocycles. The van der Waals surface area contributed by atoms with Gasteiger partial charge in [-0.15, -0.1) is 0 Å². The van der Waals surface area contributed by atoms with Gasteiger partial charge in [0.25, 0.3) is 0 Å². The molecule has 0 saturated heterocycles. The van der Waals surface area contributed by atoms with Gasteiger partial charge in [0, 0.05) is 5.41 Å². The maximum Gasteiger partial charge on any atom is 0.0971 e. The number of ether oxygens (including phenoxy) is 1. The summed E-state index contributed by atoms with van der Waals surface area (Å²) in [5, 5.41) is 18.8. The molecule has 0 radical (unpaired) electrons. The van der Waals surface area contributed by atoms with Crippen molar-refractivity contribution >= 4 is 0 Å². The molecule has 0 amide bonds. The summed E-state index contributed by atoms with van der Waals surface area (Å²) >= 11 is 0.